The van der Waals surface area contributed by atoms with Gasteiger partial charge in [-0.05, 0) is 31.4 Å². The summed E-state index contributed by atoms with van der Waals surface area (Å²) in [6.45, 7) is 1.53. The van der Waals surface area contributed by atoms with Gasteiger partial charge in [0.15, 0.2) is 0 Å². The van der Waals surface area contributed by atoms with Crippen molar-refractivity contribution in [3.8, 4) is 0 Å². The Balaban J connectivity index is 1.53. The molecule has 1 amide bonds. The van der Waals surface area contributed by atoms with Crippen LogP contribution in [0, 0.1) is 0 Å². The molecule has 2 fully saturated rings. The Morgan fingerprint density at radius 2 is 2.27 bits per heavy atom. The van der Waals surface area contributed by atoms with E-state index < -0.39 is 5.60 Å². The topological polar surface area (TPSA) is 65.5 Å². The molecule has 0 spiro atoms. The van der Waals surface area contributed by atoms with Crippen molar-refractivity contribution in [3.63, 3.8) is 0 Å². The van der Waals surface area contributed by atoms with Crippen molar-refractivity contribution >= 4 is 23.3 Å². The number of halogens is 1. The van der Waals surface area contributed by atoms with E-state index in [4.69, 9.17) is 11.6 Å². The number of carbonyl (C=O) groups excluding carboxylic acids is 1. The quantitative estimate of drug-likeness (QED) is 0.891. The molecule has 1 unspecified atom stereocenters. The minimum atomic E-state index is -0.785. The summed E-state index contributed by atoms with van der Waals surface area (Å²) in [5.74, 6) is 0.721. The van der Waals surface area contributed by atoms with Crippen LogP contribution in [0.3, 0.4) is 0 Å². The predicted molar refractivity (Wildman–Crippen MR) is 86.0 cm³/mol. The van der Waals surface area contributed by atoms with Gasteiger partial charge in [0.05, 0.1) is 17.0 Å². The molecule has 22 heavy (non-hydrogen) atoms. The van der Waals surface area contributed by atoms with Crippen LogP contribution in [0.25, 0.3) is 0 Å². The van der Waals surface area contributed by atoms with Gasteiger partial charge in [0.25, 0.3) is 0 Å². The van der Waals surface area contributed by atoms with Crippen molar-refractivity contribution in [2.45, 2.75) is 50.2 Å². The van der Waals surface area contributed by atoms with Crippen molar-refractivity contribution < 1.29 is 9.90 Å². The largest absolute Gasteiger partial charge is 0.389 e. The summed E-state index contributed by atoms with van der Waals surface area (Å²) in [5.41, 5.74) is -0.785. The lowest BCUT2D eigenvalue weighted by Gasteiger charge is -2.23. The van der Waals surface area contributed by atoms with Crippen LogP contribution in [0.4, 0.5) is 5.82 Å². The highest BCUT2D eigenvalue weighted by Gasteiger charge is 2.34. The number of nitrogens with one attached hydrogen (secondary N) is 1. The molecule has 1 aromatic rings. The molecule has 3 rings (SSSR count). The maximum Gasteiger partial charge on any atom is 0.223 e. The van der Waals surface area contributed by atoms with Gasteiger partial charge in [0.1, 0.15) is 5.82 Å². The van der Waals surface area contributed by atoms with Crippen LogP contribution in [0.15, 0.2) is 18.3 Å². The maximum atomic E-state index is 12.1. The second-order valence-electron chi connectivity index (χ2n) is 6.42. The highest BCUT2D eigenvalue weighted by atomic mass is 35.5. The number of nitrogens with zero attached hydrogens (tertiary/aromatic N) is 2. The minimum Gasteiger partial charge on any atom is -0.389 e. The van der Waals surface area contributed by atoms with E-state index in [1.54, 1.807) is 6.20 Å². The molecule has 6 heteroatoms. The van der Waals surface area contributed by atoms with Gasteiger partial charge in [0.2, 0.25) is 5.91 Å². The first-order valence-corrected chi connectivity index (χ1v) is 8.31. The van der Waals surface area contributed by atoms with E-state index in [1.807, 2.05) is 12.1 Å². The molecule has 120 valence electrons. The number of hydrogen-bond acceptors (Lipinski definition) is 4. The van der Waals surface area contributed by atoms with E-state index in [0.717, 1.165) is 44.5 Å². The zero-order valence-corrected chi connectivity index (χ0v) is 13.4. The molecule has 2 aliphatic rings. The lowest BCUT2D eigenvalue weighted by atomic mass is 9.97. The van der Waals surface area contributed by atoms with Gasteiger partial charge in [-0.3, -0.25) is 4.79 Å². The molecule has 1 saturated heterocycles. The highest BCUT2D eigenvalue weighted by molar-refractivity contribution is 6.32. The molecule has 1 aromatic heterocycles. The lowest BCUT2D eigenvalue weighted by Crippen LogP contribution is -2.41. The standard InChI is InChI=1S/C16H22ClN3O2/c17-13-4-3-8-18-15(13)20-9-5-12(11-20)19-14(21)10-16(22)6-1-2-7-16/h3-4,8,12,22H,1-2,5-7,9-11H2,(H,19,21). The van der Waals surface area contributed by atoms with Crippen molar-refractivity contribution in [2.24, 2.45) is 0 Å². The molecule has 0 radical (unpaired) electrons. The number of anilines is 1. The van der Waals surface area contributed by atoms with E-state index in [9.17, 15) is 9.90 Å². The van der Waals surface area contributed by atoms with Gasteiger partial charge >= 0.3 is 0 Å². The molecule has 1 saturated carbocycles. The molecule has 5 nitrogen and oxygen atoms in total. The van der Waals surface area contributed by atoms with Gasteiger partial charge in [-0.2, -0.15) is 0 Å². The number of carbonyl (C=O) groups is 1. The molecule has 2 heterocycles. The Hall–Kier alpha value is -1.33. The van der Waals surface area contributed by atoms with E-state index in [1.165, 1.54) is 0 Å². The molecule has 1 aliphatic heterocycles. The summed E-state index contributed by atoms with van der Waals surface area (Å²) in [7, 11) is 0. The first kappa shape index (κ1) is 15.6. The summed E-state index contributed by atoms with van der Waals surface area (Å²) in [6, 6.07) is 3.73. The monoisotopic (exact) mass is 323 g/mol. The van der Waals surface area contributed by atoms with Crippen LogP contribution in [0.5, 0.6) is 0 Å². The van der Waals surface area contributed by atoms with Crippen LogP contribution in [-0.2, 0) is 4.79 Å². The maximum absolute atomic E-state index is 12.1. The van der Waals surface area contributed by atoms with Gasteiger partial charge < -0.3 is 15.3 Å². The number of pyridine rings is 1. The Morgan fingerprint density at radius 3 is 3.00 bits per heavy atom. The number of hydrogen-bond donors (Lipinski definition) is 2. The van der Waals surface area contributed by atoms with E-state index >= 15 is 0 Å². The summed E-state index contributed by atoms with van der Waals surface area (Å²) < 4.78 is 0. The van der Waals surface area contributed by atoms with Crippen molar-refractivity contribution in [2.75, 3.05) is 18.0 Å². The van der Waals surface area contributed by atoms with E-state index in [-0.39, 0.29) is 18.4 Å². The Bertz CT molecular complexity index is 546. The van der Waals surface area contributed by atoms with Crippen LogP contribution in [0.2, 0.25) is 5.02 Å². The van der Waals surface area contributed by atoms with Crippen LogP contribution in [0.1, 0.15) is 38.5 Å². The Labute approximate surface area is 135 Å². The molecule has 0 aromatic carbocycles. The fraction of sp³-hybridized carbons (Fsp3) is 0.625. The van der Waals surface area contributed by atoms with Crippen LogP contribution < -0.4 is 10.2 Å². The first-order valence-electron chi connectivity index (χ1n) is 7.93. The predicted octanol–water partition coefficient (Wildman–Crippen LogP) is 2.13. The third-order valence-electron chi connectivity index (χ3n) is 4.62. The summed E-state index contributed by atoms with van der Waals surface area (Å²) >= 11 is 6.16. The smallest absolute Gasteiger partial charge is 0.223 e. The molecule has 1 atom stereocenters. The normalized spacial score (nSPS) is 23.7. The van der Waals surface area contributed by atoms with Crippen molar-refractivity contribution in [3.05, 3.63) is 23.4 Å². The van der Waals surface area contributed by atoms with Crippen LogP contribution >= 0.6 is 11.6 Å². The average molecular weight is 324 g/mol. The fourth-order valence-corrected chi connectivity index (χ4v) is 3.71. The highest BCUT2D eigenvalue weighted by Crippen LogP contribution is 2.32. The van der Waals surface area contributed by atoms with Gasteiger partial charge in [-0.25, -0.2) is 4.98 Å². The zero-order chi connectivity index (χ0) is 15.6. The molecular weight excluding hydrogens is 302 g/mol. The fourth-order valence-electron chi connectivity index (χ4n) is 3.47. The van der Waals surface area contributed by atoms with Crippen LogP contribution in [-0.4, -0.2) is 40.7 Å². The van der Waals surface area contributed by atoms with Gasteiger partial charge in [0, 0.05) is 25.3 Å². The summed E-state index contributed by atoms with van der Waals surface area (Å²) in [6.07, 6.45) is 6.31. The third-order valence-corrected chi connectivity index (χ3v) is 4.91. The zero-order valence-electron chi connectivity index (χ0n) is 12.6. The Morgan fingerprint density at radius 1 is 1.50 bits per heavy atom. The summed E-state index contributed by atoms with van der Waals surface area (Å²) in [4.78, 5) is 18.5. The molecule has 2 N–H and O–H groups in total. The number of aliphatic hydroxyl groups is 1. The second kappa shape index (κ2) is 6.42. The first-order chi connectivity index (χ1) is 10.6. The minimum absolute atomic E-state index is 0.0524. The van der Waals surface area contributed by atoms with Gasteiger partial charge in [-0.15, -0.1) is 0 Å². The number of rotatable bonds is 4. The Kier molecular flexibility index (Phi) is 4.54. The lowest BCUT2D eigenvalue weighted by molar-refractivity contribution is -0.126. The average Bonchev–Trinajstić information content (AvgIpc) is 3.09. The van der Waals surface area contributed by atoms with Crippen molar-refractivity contribution in [1.29, 1.82) is 0 Å². The summed E-state index contributed by atoms with van der Waals surface area (Å²) in [5, 5.41) is 14.0. The van der Waals surface area contributed by atoms with Crippen molar-refractivity contribution in [1.82, 2.24) is 10.3 Å². The van der Waals surface area contributed by atoms with E-state index in [0.29, 0.717) is 11.6 Å². The number of aromatic nitrogens is 1. The molecule has 1 aliphatic carbocycles. The number of amides is 1. The second-order valence-corrected chi connectivity index (χ2v) is 6.82. The SMILES string of the molecule is O=C(CC1(O)CCCC1)NC1CCN(c2ncccc2Cl)C1. The van der Waals surface area contributed by atoms with E-state index in [2.05, 4.69) is 15.2 Å². The molecule has 0 bridgehead atoms. The third kappa shape index (κ3) is 3.52. The molecular formula is C16H22ClN3O2. The van der Waals surface area contributed by atoms with Gasteiger partial charge in [-0.1, -0.05) is 24.4 Å².